The molecule has 0 unspecified atom stereocenters. The highest BCUT2D eigenvalue weighted by atomic mass is 16.5. The molecular formula is C19H30O2. The predicted molar refractivity (Wildman–Crippen MR) is 87.9 cm³/mol. The second-order valence-electron chi connectivity index (χ2n) is 7.36. The van der Waals surface area contributed by atoms with Gasteiger partial charge in [0.1, 0.15) is 12.4 Å². The first-order valence-corrected chi connectivity index (χ1v) is 8.36. The summed E-state index contributed by atoms with van der Waals surface area (Å²) in [5.41, 5.74) is 1.65. The Hall–Kier alpha value is -1.02. The molecular weight excluding hydrogens is 260 g/mol. The van der Waals surface area contributed by atoms with Gasteiger partial charge in [-0.1, -0.05) is 52.2 Å². The summed E-state index contributed by atoms with van der Waals surface area (Å²) in [5.74, 6) is 0.962. The van der Waals surface area contributed by atoms with Crippen LogP contribution in [0.15, 0.2) is 24.3 Å². The molecule has 2 nitrogen and oxygen atoms in total. The van der Waals surface area contributed by atoms with Gasteiger partial charge in [-0.25, -0.2) is 0 Å². The Morgan fingerprint density at radius 1 is 1.05 bits per heavy atom. The van der Waals surface area contributed by atoms with Crippen molar-refractivity contribution in [2.45, 2.75) is 65.4 Å². The van der Waals surface area contributed by atoms with E-state index in [0.29, 0.717) is 24.7 Å². The Morgan fingerprint density at radius 2 is 1.81 bits per heavy atom. The fourth-order valence-electron chi connectivity index (χ4n) is 2.96. The zero-order chi connectivity index (χ0) is 15.1. The molecule has 0 heterocycles. The monoisotopic (exact) mass is 290 g/mol. The summed E-state index contributed by atoms with van der Waals surface area (Å²) in [6, 6.07) is 8.45. The van der Waals surface area contributed by atoms with E-state index >= 15 is 0 Å². The minimum absolute atomic E-state index is 0.308. The van der Waals surface area contributed by atoms with Crippen LogP contribution in [0, 0.1) is 5.41 Å². The van der Waals surface area contributed by atoms with Crippen molar-refractivity contribution in [1.29, 1.82) is 0 Å². The second kappa shape index (κ2) is 7.84. The molecule has 0 atom stereocenters. The van der Waals surface area contributed by atoms with E-state index in [2.05, 4.69) is 39.0 Å². The van der Waals surface area contributed by atoms with E-state index < -0.39 is 0 Å². The lowest BCUT2D eigenvalue weighted by Crippen LogP contribution is -2.19. The zero-order valence-corrected chi connectivity index (χ0v) is 13.9. The highest BCUT2D eigenvalue weighted by Gasteiger charge is 2.13. The summed E-state index contributed by atoms with van der Waals surface area (Å²) in [4.78, 5) is 0. The van der Waals surface area contributed by atoms with Gasteiger partial charge in [0.25, 0.3) is 0 Å². The van der Waals surface area contributed by atoms with Gasteiger partial charge in [0.2, 0.25) is 0 Å². The van der Waals surface area contributed by atoms with Gasteiger partial charge in [-0.3, -0.25) is 0 Å². The lowest BCUT2D eigenvalue weighted by molar-refractivity contribution is 0.0129. The molecule has 2 rings (SSSR count). The van der Waals surface area contributed by atoms with E-state index in [1.54, 1.807) is 0 Å². The second-order valence-corrected chi connectivity index (χ2v) is 7.36. The molecule has 1 fully saturated rings. The molecule has 0 bridgehead atoms. The smallest absolute Gasteiger partial charge is 0.119 e. The summed E-state index contributed by atoms with van der Waals surface area (Å²) in [7, 11) is 0. The van der Waals surface area contributed by atoms with Gasteiger partial charge in [-0.05, 0) is 42.4 Å². The summed E-state index contributed by atoms with van der Waals surface area (Å²) in [5, 5.41) is 0. The molecule has 0 N–H and O–H groups in total. The molecule has 1 aromatic rings. The third-order valence-corrected chi connectivity index (χ3v) is 3.89. The Kier molecular flexibility index (Phi) is 6.10. The normalized spacial score (nSPS) is 16.9. The molecule has 0 radical (unpaired) electrons. The lowest BCUT2D eigenvalue weighted by atomic mass is 9.88. The van der Waals surface area contributed by atoms with E-state index in [9.17, 15) is 0 Å². The molecule has 21 heavy (non-hydrogen) atoms. The minimum Gasteiger partial charge on any atom is -0.491 e. The largest absolute Gasteiger partial charge is 0.491 e. The summed E-state index contributed by atoms with van der Waals surface area (Å²) < 4.78 is 11.7. The standard InChI is InChI=1S/C19H30O2/c1-19(2,3)15-16-8-7-11-18(14-16)21-13-12-20-17-9-5-4-6-10-17/h7-8,11,14,17H,4-6,9-10,12-13,15H2,1-3H3. The van der Waals surface area contributed by atoms with Crippen LogP contribution in [0.2, 0.25) is 0 Å². The molecule has 1 aromatic carbocycles. The van der Waals surface area contributed by atoms with Crippen molar-refractivity contribution >= 4 is 0 Å². The Balaban J connectivity index is 1.71. The van der Waals surface area contributed by atoms with Gasteiger partial charge < -0.3 is 9.47 Å². The van der Waals surface area contributed by atoms with Crippen LogP contribution >= 0.6 is 0 Å². The SMILES string of the molecule is CC(C)(C)Cc1cccc(OCCOC2CCCCC2)c1. The van der Waals surface area contributed by atoms with Crippen LogP contribution in [0.3, 0.4) is 0 Å². The first-order chi connectivity index (χ1) is 10.0. The summed E-state index contributed by atoms with van der Waals surface area (Å²) in [6.45, 7) is 8.14. The van der Waals surface area contributed by atoms with Gasteiger partial charge in [0.05, 0.1) is 12.7 Å². The predicted octanol–water partition coefficient (Wildman–Crippen LogP) is 5.00. The summed E-state index contributed by atoms with van der Waals surface area (Å²) >= 11 is 0. The van der Waals surface area contributed by atoms with Crippen LogP contribution in [0.5, 0.6) is 5.75 Å². The molecule has 0 aliphatic heterocycles. The molecule has 0 saturated heterocycles. The number of rotatable bonds is 6. The van der Waals surface area contributed by atoms with Crippen LogP contribution < -0.4 is 4.74 Å². The Morgan fingerprint density at radius 3 is 2.52 bits per heavy atom. The molecule has 1 aliphatic carbocycles. The number of benzene rings is 1. The van der Waals surface area contributed by atoms with Crippen molar-refractivity contribution in [2.75, 3.05) is 13.2 Å². The molecule has 118 valence electrons. The third-order valence-electron chi connectivity index (χ3n) is 3.89. The Labute approximate surface area is 129 Å². The fraction of sp³-hybridized carbons (Fsp3) is 0.684. The van der Waals surface area contributed by atoms with Crippen molar-refractivity contribution in [3.63, 3.8) is 0 Å². The quantitative estimate of drug-likeness (QED) is 0.686. The maximum Gasteiger partial charge on any atom is 0.119 e. The van der Waals surface area contributed by atoms with Crippen LogP contribution in [-0.2, 0) is 11.2 Å². The average molecular weight is 290 g/mol. The van der Waals surface area contributed by atoms with Crippen LogP contribution in [0.25, 0.3) is 0 Å². The van der Waals surface area contributed by atoms with Gasteiger partial charge in [-0.2, -0.15) is 0 Å². The van der Waals surface area contributed by atoms with Crippen LogP contribution in [0.4, 0.5) is 0 Å². The van der Waals surface area contributed by atoms with Crippen molar-refractivity contribution in [1.82, 2.24) is 0 Å². The maximum atomic E-state index is 5.89. The van der Waals surface area contributed by atoms with E-state index in [4.69, 9.17) is 9.47 Å². The first-order valence-electron chi connectivity index (χ1n) is 8.36. The zero-order valence-electron chi connectivity index (χ0n) is 13.9. The third kappa shape index (κ3) is 6.52. The molecule has 0 spiro atoms. The summed E-state index contributed by atoms with van der Waals surface area (Å²) in [6.07, 6.45) is 8.00. The topological polar surface area (TPSA) is 18.5 Å². The van der Waals surface area contributed by atoms with Gasteiger partial charge in [0.15, 0.2) is 0 Å². The molecule has 1 saturated carbocycles. The van der Waals surface area contributed by atoms with Gasteiger partial charge >= 0.3 is 0 Å². The van der Waals surface area contributed by atoms with E-state index in [0.717, 1.165) is 12.2 Å². The minimum atomic E-state index is 0.308. The van der Waals surface area contributed by atoms with E-state index in [1.165, 1.54) is 37.7 Å². The number of ether oxygens (including phenoxy) is 2. The van der Waals surface area contributed by atoms with Crippen LogP contribution in [0.1, 0.15) is 58.4 Å². The molecule has 1 aliphatic rings. The number of hydrogen-bond acceptors (Lipinski definition) is 2. The van der Waals surface area contributed by atoms with E-state index in [-0.39, 0.29) is 0 Å². The number of hydrogen-bond donors (Lipinski definition) is 0. The van der Waals surface area contributed by atoms with E-state index in [1.807, 2.05) is 6.07 Å². The molecule has 0 aromatic heterocycles. The van der Waals surface area contributed by atoms with Gasteiger partial charge in [-0.15, -0.1) is 0 Å². The average Bonchev–Trinajstić information content (AvgIpc) is 2.43. The highest BCUT2D eigenvalue weighted by molar-refractivity contribution is 5.29. The maximum absolute atomic E-state index is 5.89. The first kappa shape index (κ1) is 16.4. The lowest BCUT2D eigenvalue weighted by Gasteiger charge is -2.22. The van der Waals surface area contributed by atoms with Crippen molar-refractivity contribution < 1.29 is 9.47 Å². The van der Waals surface area contributed by atoms with Crippen LogP contribution in [-0.4, -0.2) is 19.3 Å². The fourth-order valence-corrected chi connectivity index (χ4v) is 2.96. The van der Waals surface area contributed by atoms with Crippen molar-refractivity contribution in [2.24, 2.45) is 5.41 Å². The Bertz CT molecular complexity index is 414. The van der Waals surface area contributed by atoms with Crippen molar-refractivity contribution in [3.8, 4) is 5.75 Å². The molecule has 0 amide bonds. The van der Waals surface area contributed by atoms with Crippen molar-refractivity contribution in [3.05, 3.63) is 29.8 Å². The highest BCUT2D eigenvalue weighted by Crippen LogP contribution is 2.23. The van der Waals surface area contributed by atoms with Gasteiger partial charge in [0, 0.05) is 0 Å². The molecule has 2 heteroatoms.